The second-order valence-corrected chi connectivity index (χ2v) is 6.65. The maximum absolute atomic E-state index is 12.7. The fourth-order valence-electron chi connectivity index (χ4n) is 3.27. The summed E-state index contributed by atoms with van der Waals surface area (Å²) in [6.45, 7) is 6.33. The van der Waals surface area contributed by atoms with Gasteiger partial charge in [-0.15, -0.1) is 0 Å². The summed E-state index contributed by atoms with van der Waals surface area (Å²) < 4.78 is 1.75. The van der Waals surface area contributed by atoms with E-state index >= 15 is 0 Å². The molecule has 0 atom stereocenters. The standard InChI is InChI=1S/C20H22N4O/c1-16-5-7-17(8-6-16)15-22-10-12-23(13-11-22)20(25)19-14-18-4-2-3-9-24(18)21-19/h2-9,14H,10-13,15H2,1H3. The van der Waals surface area contributed by atoms with Crippen LogP contribution in [0.4, 0.5) is 0 Å². The molecule has 1 aliphatic rings. The third-order valence-corrected chi connectivity index (χ3v) is 4.78. The molecule has 2 aromatic heterocycles. The molecule has 3 aromatic rings. The molecule has 4 rings (SSSR count). The minimum absolute atomic E-state index is 0.0266. The van der Waals surface area contributed by atoms with E-state index in [4.69, 9.17) is 0 Å². The Morgan fingerprint density at radius 2 is 1.80 bits per heavy atom. The van der Waals surface area contributed by atoms with E-state index in [2.05, 4.69) is 41.2 Å². The van der Waals surface area contributed by atoms with Crippen molar-refractivity contribution in [2.45, 2.75) is 13.5 Å². The number of nitrogens with zero attached hydrogens (tertiary/aromatic N) is 4. The molecule has 0 bridgehead atoms. The molecular formula is C20H22N4O. The molecule has 1 fully saturated rings. The Labute approximate surface area is 147 Å². The molecule has 0 spiro atoms. The molecule has 25 heavy (non-hydrogen) atoms. The quantitative estimate of drug-likeness (QED) is 0.739. The Morgan fingerprint density at radius 3 is 2.52 bits per heavy atom. The molecule has 1 aliphatic heterocycles. The van der Waals surface area contributed by atoms with Gasteiger partial charge < -0.3 is 4.90 Å². The lowest BCUT2D eigenvalue weighted by Crippen LogP contribution is -2.48. The average molecular weight is 334 g/mol. The van der Waals surface area contributed by atoms with Crippen LogP contribution in [0.3, 0.4) is 0 Å². The van der Waals surface area contributed by atoms with Gasteiger partial charge in [0.2, 0.25) is 0 Å². The predicted molar refractivity (Wildman–Crippen MR) is 97.6 cm³/mol. The summed E-state index contributed by atoms with van der Waals surface area (Å²) in [5.74, 6) is 0.0266. The van der Waals surface area contributed by atoms with E-state index in [0.717, 1.165) is 38.2 Å². The minimum Gasteiger partial charge on any atom is -0.335 e. The molecule has 0 saturated carbocycles. The lowest BCUT2D eigenvalue weighted by molar-refractivity contribution is 0.0622. The number of benzene rings is 1. The number of amides is 1. The van der Waals surface area contributed by atoms with Gasteiger partial charge in [-0.1, -0.05) is 35.9 Å². The summed E-state index contributed by atoms with van der Waals surface area (Å²) in [5, 5.41) is 4.39. The van der Waals surface area contributed by atoms with Gasteiger partial charge in [-0.3, -0.25) is 9.69 Å². The maximum atomic E-state index is 12.7. The first kappa shape index (κ1) is 15.8. The summed E-state index contributed by atoms with van der Waals surface area (Å²) in [7, 11) is 0. The molecule has 0 N–H and O–H groups in total. The predicted octanol–water partition coefficient (Wildman–Crippen LogP) is 2.60. The van der Waals surface area contributed by atoms with Crippen LogP contribution < -0.4 is 0 Å². The van der Waals surface area contributed by atoms with Crippen molar-refractivity contribution in [3.63, 3.8) is 0 Å². The highest BCUT2D eigenvalue weighted by Crippen LogP contribution is 2.13. The summed E-state index contributed by atoms with van der Waals surface area (Å²) in [6, 6.07) is 16.4. The SMILES string of the molecule is Cc1ccc(CN2CCN(C(=O)c3cc4ccccn4n3)CC2)cc1. The molecule has 0 unspecified atom stereocenters. The molecule has 5 heteroatoms. The van der Waals surface area contributed by atoms with Gasteiger partial charge in [0.05, 0.1) is 5.52 Å². The summed E-state index contributed by atoms with van der Waals surface area (Å²) in [4.78, 5) is 17.0. The third-order valence-electron chi connectivity index (χ3n) is 4.78. The lowest BCUT2D eigenvalue weighted by Gasteiger charge is -2.34. The monoisotopic (exact) mass is 334 g/mol. The first-order chi connectivity index (χ1) is 12.2. The molecular weight excluding hydrogens is 312 g/mol. The molecule has 0 aliphatic carbocycles. The second-order valence-electron chi connectivity index (χ2n) is 6.65. The number of hydrogen-bond acceptors (Lipinski definition) is 3. The minimum atomic E-state index is 0.0266. The van der Waals surface area contributed by atoms with Crippen molar-refractivity contribution < 1.29 is 4.79 Å². The fraction of sp³-hybridized carbons (Fsp3) is 0.300. The van der Waals surface area contributed by atoms with Gasteiger partial charge in [-0.2, -0.15) is 5.10 Å². The molecule has 1 saturated heterocycles. The molecule has 5 nitrogen and oxygen atoms in total. The zero-order chi connectivity index (χ0) is 17.2. The van der Waals surface area contributed by atoms with Gasteiger partial charge in [0.15, 0.2) is 5.69 Å². The van der Waals surface area contributed by atoms with Crippen molar-refractivity contribution in [1.29, 1.82) is 0 Å². The van der Waals surface area contributed by atoms with Gasteiger partial charge in [-0.25, -0.2) is 4.52 Å². The maximum Gasteiger partial charge on any atom is 0.274 e. The second kappa shape index (κ2) is 6.69. The van der Waals surface area contributed by atoms with E-state index in [1.54, 1.807) is 4.52 Å². The molecule has 1 amide bonds. The smallest absolute Gasteiger partial charge is 0.274 e. The molecule has 0 radical (unpaired) electrons. The van der Waals surface area contributed by atoms with Crippen molar-refractivity contribution in [2.24, 2.45) is 0 Å². The van der Waals surface area contributed by atoms with Crippen LogP contribution in [0, 0.1) is 6.92 Å². The average Bonchev–Trinajstić information content (AvgIpc) is 3.08. The number of aromatic nitrogens is 2. The number of aryl methyl sites for hydroxylation is 1. The Morgan fingerprint density at radius 1 is 1.04 bits per heavy atom. The Kier molecular flexibility index (Phi) is 4.24. The zero-order valence-electron chi connectivity index (χ0n) is 14.4. The van der Waals surface area contributed by atoms with Gasteiger partial charge in [0.1, 0.15) is 0 Å². The van der Waals surface area contributed by atoms with Crippen molar-refractivity contribution in [3.8, 4) is 0 Å². The van der Waals surface area contributed by atoms with Crippen molar-refractivity contribution in [3.05, 3.63) is 71.5 Å². The normalized spacial score (nSPS) is 15.6. The largest absolute Gasteiger partial charge is 0.335 e. The highest BCUT2D eigenvalue weighted by Gasteiger charge is 2.23. The van der Waals surface area contributed by atoms with E-state index in [0.29, 0.717) is 5.69 Å². The van der Waals surface area contributed by atoms with Crippen LogP contribution in [0.5, 0.6) is 0 Å². The van der Waals surface area contributed by atoms with Crippen molar-refractivity contribution in [2.75, 3.05) is 26.2 Å². The number of carbonyl (C=O) groups excluding carboxylic acids is 1. The number of piperazine rings is 1. The third kappa shape index (κ3) is 3.42. The number of fused-ring (bicyclic) bond motifs is 1. The fourth-order valence-corrected chi connectivity index (χ4v) is 3.27. The Hall–Kier alpha value is -2.66. The highest BCUT2D eigenvalue weighted by molar-refractivity contribution is 5.93. The highest BCUT2D eigenvalue weighted by atomic mass is 16.2. The van der Waals surface area contributed by atoms with E-state index in [1.807, 2.05) is 35.4 Å². The van der Waals surface area contributed by atoms with Crippen LogP contribution in [0.15, 0.2) is 54.7 Å². The zero-order valence-corrected chi connectivity index (χ0v) is 14.4. The topological polar surface area (TPSA) is 40.9 Å². The number of rotatable bonds is 3. The van der Waals surface area contributed by atoms with Crippen molar-refractivity contribution >= 4 is 11.4 Å². The summed E-state index contributed by atoms with van der Waals surface area (Å²) >= 11 is 0. The van der Waals surface area contributed by atoms with Crippen LogP contribution in [0.2, 0.25) is 0 Å². The first-order valence-electron chi connectivity index (χ1n) is 8.71. The van der Waals surface area contributed by atoms with Crippen LogP contribution in [-0.2, 0) is 6.54 Å². The van der Waals surface area contributed by atoms with Crippen LogP contribution in [0.25, 0.3) is 5.52 Å². The number of pyridine rings is 1. The van der Waals surface area contributed by atoms with Gasteiger partial charge >= 0.3 is 0 Å². The van der Waals surface area contributed by atoms with E-state index < -0.39 is 0 Å². The summed E-state index contributed by atoms with van der Waals surface area (Å²) in [5.41, 5.74) is 4.08. The lowest BCUT2D eigenvalue weighted by atomic mass is 10.1. The van der Waals surface area contributed by atoms with Gasteiger partial charge in [0, 0.05) is 38.9 Å². The van der Waals surface area contributed by atoms with E-state index in [-0.39, 0.29) is 5.91 Å². The Balaban J connectivity index is 1.37. The summed E-state index contributed by atoms with van der Waals surface area (Å²) in [6.07, 6.45) is 1.87. The van der Waals surface area contributed by atoms with Gasteiger partial charge in [0.25, 0.3) is 5.91 Å². The molecule has 3 heterocycles. The Bertz CT molecular complexity index is 843. The van der Waals surface area contributed by atoms with Crippen LogP contribution in [-0.4, -0.2) is 51.5 Å². The van der Waals surface area contributed by atoms with Crippen LogP contribution >= 0.6 is 0 Å². The molecule has 128 valence electrons. The van der Waals surface area contributed by atoms with Crippen LogP contribution in [0.1, 0.15) is 21.6 Å². The number of hydrogen-bond donors (Lipinski definition) is 0. The van der Waals surface area contributed by atoms with E-state index in [1.165, 1.54) is 11.1 Å². The molecule has 1 aromatic carbocycles. The first-order valence-corrected chi connectivity index (χ1v) is 8.71. The van der Waals surface area contributed by atoms with Gasteiger partial charge in [-0.05, 0) is 30.7 Å². The number of carbonyl (C=O) groups is 1. The van der Waals surface area contributed by atoms with E-state index in [9.17, 15) is 4.79 Å². The van der Waals surface area contributed by atoms with Crippen molar-refractivity contribution in [1.82, 2.24) is 19.4 Å².